The van der Waals surface area contributed by atoms with Gasteiger partial charge >= 0.3 is 0 Å². The summed E-state index contributed by atoms with van der Waals surface area (Å²) in [6, 6.07) is 5.54. The fraction of sp³-hybridized carbons (Fsp3) is 0.591. The van der Waals surface area contributed by atoms with Gasteiger partial charge in [-0.2, -0.15) is 0 Å². The Balaban J connectivity index is 0.000000528. The number of Topliss-reactive ketones (excluding diaryl/α,β-unsaturated/α-hetero) is 1. The summed E-state index contributed by atoms with van der Waals surface area (Å²) >= 11 is 0. The summed E-state index contributed by atoms with van der Waals surface area (Å²) in [4.78, 5) is 12.8. The van der Waals surface area contributed by atoms with Crippen LogP contribution < -0.4 is 0 Å². The van der Waals surface area contributed by atoms with Crippen molar-refractivity contribution in [2.24, 2.45) is 23.7 Å². The molecule has 0 heterocycles. The number of allylic oxidation sites excluding steroid dienone is 2. The van der Waals surface area contributed by atoms with Gasteiger partial charge in [-0.05, 0) is 68.4 Å². The number of rotatable bonds is 0. The van der Waals surface area contributed by atoms with Crippen molar-refractivity contribution >= 4 is 5.78 Å². The van der Waals surface area contributed by atoms with Crippen LogP contribution in [0, 0.1) is 23.7 Å². The van der Waals surface area contributed by atoms with E-state index in [4.69, 9.17) is 5.11 Å². The van der Waals surface area contributed by atoms with Gasteiger partial charge in [-0.3, -0.25) is 4.79 Å². The second-order valence-corrected chi connectivity index (χ2v) is 7.14. The second-order valence-electron chi connectivity index (χ2n) is 7.14. The summed E-state index contributed by atoms with van der Waals surface area (Å²) < 4.78 is 0. The highest BCUT2D eigenvalue weighted by Crippen LogP contribution is 2.51. The topological polar surface area (TPSA) is 57.5 Å². The largest absolute Gasteiger partial charge is 0.507 e. The molecule has 4 rings (SSSR count). The van der Waals surface area contributed by atoms with Gasteiger partial charge in [0.25, 0.3) is 0 Å². The minimum absolute atomic E-state index is 0.138. The Morgan fingerprint density at radius 3 is 2.48 bits per heavy atom. The summed E-state index contributed by atoms with van der Waals surface area (Å²) in [5.41, 5.74) is 3.20. The van der Waals surface area contributed by atoms with E-state index in [0.29, 0.717) is 17.4 Å². The highest BCUT2D eigenvalue weighted by Gasteiger charge is 2.46. The number of hydrogen-bond acceptors (Lipinski definition) is 3. The molecule has 0 aliphatic heterocycles. The van der Waals surface area contributed by atoms with Crippen LogP contribution in [0.2, 0.25) is 0 Å². The lowest BCUT2D eigenvalue weighted by Crippen LogP contribution is -2.43. The smallest absolute Gasteiger partial charge is 0.170 e. The van der Waals surface area contributed by atoms with Crippen molar-refractivity contribution in [3.05, 3.63) is 41.0 Å². The van der Waals surface area contributed by atoms with E-state index in [9.17, 15) is 9.90 Å². The first kappa shape index (κ1) is 19.7. The summed E-state index contributed by atoms with van der Waals surface area (Å²) in [6.45, 7) is 6.24. The van der Waals surface area contributed by atoms with Crippen molar-refractivity contribution in [1.82, 2.24) is 0 Å². The Hall–Kier alpha value is -1.61. The molecule has 2 N–H and O–H groups in total. The van der Waals surface area contributed by atoms with E-state index in [2.05, 4.69) is 13.0 Å². The van der Waals surface area contributed by atoms with E-state index in [1.807, 2.05) is 26.0 Å². The molecule has 0 radical (unpaired) electrons. The molecule has 138 valence electrons. The molecule has 1 saturated carbocycles. The van der Waals surface area contributed by atoms with Gasteiger partial charge in [0.2, 0.25) is 0 Å². The predicted molar refractivity (Wildman–Crippen MR) is 102 cm³/mol. The number of hydrogen-bond donors (Lipinski definition) is 2. The molecule has 4 atom stereocenters. The van der Waals surface area contributed by atoms with Crippen LogP contribution in [0.25, 0.3) is 0 Å². The molecular formula is C22H32O3. The molecule has 1 aromatic rings. The zero-order valence-corrected chi connectivity index (χ0v) is 16.0. The third-order valence-corrected chi connectivity index (χ3v) is 6.01. The first-order chi connectivity index (χ1) is 12.1. The van der Waals surface area contributed by atoms with Crippen LogP contribution in [0.3, 0.4) is 0 Å². The first-order valence-electron chi connectivity index (χ1n) is 9.60. The number of ketones is 1. The molecule has 3 aliphatic rings. The fourth-order valence-electron chi connectivity index (χ4n) is 5.02. The van der Waals surface area contributed by atoms with E-state index < -0.39 is 0 Å². The van der Waals surface area contributed by atoms with Crippen LogP contribution in [0.4, 0.5) is 0 Å². The lowest BCUT2D eigenvalue weighted by Gasteiger charge is -2.47. The van der Waals surface area contributed by atoms with Gasteiger partial charge < -0.3 is 10.2 Å². The van der Waals surface area contributed by atoms with Crippen molar-refractivity contribution < 1.29 is 15.0 Å². The third-order valence-electron chi connectivity index (χ3n) is 6.01. The number of benzene rings is 1. The number of aliphatic hydroxyl groups is 1. The Labute approximate surface area is 151 Å². The van der Waals surface area contributed by atoms with Crippen LogP contribution in [-0.2, 0) is 6.42 Å². The van der Waals surface area contributed by atoms with Gasteiger partial charge in [0, 0.05) is 13.0 Å². The van der Waals surface area contributed by atoms with Crippen LogP contribution in [0.15, 0.2) is 29.8 Å². The number of aromatic hydroxyl groups is 1. The van der Waals surface area contributed by atoms with Crippen molar-refractivity contribution in [1.29, 1.82) is 0 Å². The number of carbonyl (C=O) groups excluding carboxylic acids is 1. The van der Waals surface area contributed by atoms with Crippen LogP contribution >= 0.6 is 0 Å². The van der Waals surface area contributed by atoms with Crippen molar-refractivity contribution in [3.8, 4) is 5.75 Å². The van der Waals surface area contributed by atoms with E-state index in [1.165, 1.54) is 18.4 Å². The number of carbonyl (C=O) groups is 1. The highest BCUT2D eigenvalue weighted by molar-refractivity contribution is 6.02. The first-order valence-corrected chi connectivity index (χ1v) is 9.60. The molecule has 1 aromatic carbocycles. The van der Waals surface area contributed by atoms with Crippen LogP contribution in [0.1, 0.15) is 62.4 Å². The molecule has 0 amide bonds. The maximum absolute atomic E-state index is 12.8. The van der Waals surface area contributed by atoms with Crippen LogP contribution in [0.5, 0.6) is 5.75 Å². The molecular weight excluding hydrogens is 312 g/mol. The zero-order valence-electron chi connectivity index (χ0n) is 16.0. The fourth-order valence-corrected chi connectivity index (χ4v) is 5.02. The summed E-state index contributed by atoms with van der Waals surface area (Å²) in [5.74, 6) is 2.42. The monoisotopic (exact) mass is 344 g/mol. The van der Waals surface area contributed by atoms with Gasteiger partial charge in [-0.15, -0.1) is 0 Å². The normalized spacial score (nSPS) is 29.5. The van der Waals surface area contributed by atoms with E-state index >= 15 is 0 Å². The average molecular weight is 344 g/mol. The van der Waals surface area contributed by atoms with Gasteiger partial charge in [-0.1, -0.05) is 37.6 Å². The minimum atomic E-state index is 0.138. The Morgan fingerprint density at radius 1 is 1.04 bits per heavy atom. The zero-order chi connectivity index (χ0) is 18.6. The Bertz CT molecular complexity index is 632. The minimum Gasteiger partial charge on any atom is -0.507 e. The Morgan fingerprint density at radius 2 is 1.76 bits per heavy atom. The second kappa shape index (κ2) is 8.66. The predicted octanol–water partition coefficient (Wildman–Crippen LogP) is 4.76. The molecule has 1 fully saturated rings. The molecule has 3 aliphatic carbocycles. The molecule has 3 heteroatoms. The van der Waals surface area contributed by atoms with E-state index in [1.54, 1.807) is 6.07 Å². The lowest BCUT2D eigenvalue weighted by atomic mass is 9.57. The van der Waals surface area contributed by atoms with Gasteiger partial charge in [0.05, 0.1) is 5.56 Å². The number of phenols is 1. The van der Waals surface area contributed by atoms with Crippen molar-refractivity contribution in [3.63, 3.8) is 0 Å². The SMILES string of the molecule is CC.CC1=CCC2C(CCC3C(=O)c4c(O)cccc4CC32)C1.CO. The standard InChI is InChI=1S/C19H22O2.C2H6.CH4O/c1-11-5-7-14-12(9-11)6-8-15-16(14)10-13-3-2-4-17(20)18(13)19(15)21;2*1-2/h2-5,12,14-16,20H,6-10H2,1H3;1-2H3;2H,1H3. The number of phenolic OH excluding ortho intramolecular Hbond substituents is 1. The third kappa shape index (κ3) is 3.67. The van der Waals surface area contributed by atoms with Gasteiger partial charge in [0.15, 0.2) is 5.78 Å². The maximum atomic E-state index is 12.8. The van der Waals surface area contributed by atoms with Crippen molar-refractivity contribution in [2.45, 2.75) is 52.9 Å². The van der Waals surface area contributed by atoms with Crippen molar-refractivity contribution in [2.75, 3.05) is 7.11 Å². The molecule has 25 heavy (non-hydrogen) atoms. The highest BCUT2D eigenvalue weighted by atomic mass is 16.3. The maximum Gasteiger partial charge on any atom is 0.170 e. The quantitative estimate of drug-likeness (QED) is 0.667. The molecule has 0 bridgehead atoms. The molecule has 3 nitrogen and oxygen atoms in total. The lowest BCUT2D eigenvalue weighted by molar-refractivity contribution is 0.0538. The number of aliphatic hydroxyl groups excluding tert-OH is 1. The summed E-state index contributed by atoms with van der Waals surface area (Å²) in [5, 5.41) is 17.1. The van der Waals surface area contributed by atoms with Gasteiger partial charge in [0.1, 0.15) is 5.75 Å². The summed E-state index contributed by atoms with van der Waals surface area (Å²) in [6.07, 6.45) is 7.88. The summed E-state index contributed by atoms with van der Waals surface area (Å²) in [7, 11) is 1.00. The molecule has 4 unspecified atom stereocenters. The molecule has 0 aromatic heterocycles. The van der Waals surface area contributed by atoms with Crippen LogP contribution in [-0.4, -0.2) is 23.1 Å². The van der Waals surface area contributed by atoms with E-state index in [-0.39, 0.29) is 17.5 Å². The molecule has 0 spiro atoms. The van der Waals surface area contributed by atoms with E-state index in [0.717, 1.165) is 37.9 Å². The number of fused-ring (bicyclic) bond motifs is 4. The van der Waals surface area contributed by atoms with Gasteiger partial charge in [-0.25, -0.2) is 0 Å². The average Bonchev–Trinajstić information content (AvgIpc) is 2.64. The Kier molecular flexibility index (Phi) is 6.83. The molecule has 0 saturated heterocycles.